The molecule has 0 aliphatic carbocycles. The number of hydrogen-bond acceptors (Lipinski definition) is 2. The van der Waals surface area contributed by atoms with Gasteiger partial charge in [0, 0.05) is 13.1 Å². The van der Waals surface area contributed by atoms with E-state index >= 15 is 0 Å². The van der Waals surface area contributed by atoms with Gasteiger partial charge >= 0.3 is 0 Å². The van der Waals surface area contributed by atoms with Crippen LogP contribution in [0.25, 0.3) is 0 Å². The van der Waals surface area contributed by atoms with Gasteiger partial charge in [0.2, 0.25) is 5.96 Å². The molecule has 0 fully saturated rings. The normalized spacial score (nSPS) is 10.7. The average Bonchev–Trinajstić information content (AvgIpc) is 2.03. The largest absolute Gasteiger partial charge is 0.408 e. The monoisotopic (exact) mass is 155 g/mol. The maximum atomic E-state index is 8.31. The molecule has 0 unspecified atom stereocenters. The lowest BCUT2D eigenvalue weighted by molar-refractivity contribution is 0.304. The van der Waals surface area contributed by atoms with Crippen molar-refractivity contribution in [2.24, 2.45) is 10.9 Å². The maximum Gasteiger partial charge on any atom is 0.233 e. The molecule has 0 aliphatic heterocycles. The molecule has 0 heterocycles. The molecule has 62 valence electrons. The minimum Gasteiger partial charge on any atom is -0.408 e. The first-order chi connectivity index (χ1) is 5.26. The van der Waals surface area contributed by atoms with Gasteiger partial charge in [-0.1, -0.05) is 17.3 Å². The first kappa shape index (κ1) is 9.55. The second-order valence-electron chi connectivity index (χ2n) is 1.94. The Bertz CT molecular complexity index is 155. The van der Waals surface area contributed by atoms with Gasteiger partial charge in [-0.15, -0.1) is 13.2 Å². The SMILES string of the molecule is C=CCN(CC=C)/C(N)=N/O. The van der Waals surface area contributed by atoms with E-state index < -0.39 is 0 Å². The number of nitrogens with two attached hydrogens (primary N) is 1. The van der Waals surface area contributed by atoms with Gasteiger partial charge in [-0.25, -0.2) is 0 Å². The first-order valence-electron chi connectivity index (χ1n) is 3.20. The van der Waals surface area contributed by atoms with Gasteiger partial charge < -0.3 is 15.8 Å². The molecule has 4 heteroatoms. The second kappa shape index (κ2) is 5.34. The van der Waals surface area contributed by atoms with Crippen molar-refractivity contribution in [3.8, 4) is 0 Å². The van der Waals surface area contributed by atoms with E-state index in [2.05, 4.69) is 18.3 Å². The van der Waals surface area contributed by atoms with E-state index in [-0.39, 0.29) is 5.96 Å². The Labute approximate surface area is 66.3 Å². The molecule has 0 aromatic carbocycles. The molecule has 0 saturated carbocycles. The lowest BCUT2D eigenvalue weighted by Gasteiger charge is -2.17. The predicted molar refractivity (Wildman–Crippen MR) is 45.4 cm³/mol. The van der Waals surface area contributed by atoms with Gasteiger partial charge in [-0.3, -0.25) is 0 Å². The molecule has 11 heavy (non-hydrogen) atoms. The van der Waals surface area contributed by atoms with Crippen LogP contribution in [0.4, 0.5) is 0 Å². The first-order valence-corrected chi connectivity index (χ1v) is 3.20. The topological polar surface area (TPSA) is 61.8 Å². The highest BCUT2D eigenvalue weighted by molar-refractivity contribution is 5.77. The Morgan fingerprint density at radius 3 is 2.18 bits per heavy atom. The molecule has 0 rings (SSSR count). The summed E-state index contributed by atoms with van der Waals surface area (Å²) in [6, 6.07) is 0. The summed E-state index contributed by atoms with van der Waals surface area (Å²) in [5.41, 5.74) is 5.32. The van der Waals surface area contributed by atoms with Crippen LogP contribution in [0.15, 0.2) is 30.5 Å². The van der Waals surface area contributed by atoms with Crippen molar-refractivity contribution in [2.45, 2.75) is 0 Å². The van der Waals surface area contributed by atoms with Crippen molar-refractivity contribution in [1.82, 2.24) is 4.90 Å². The molecule has 3 N–H and O–H groups in total. The predicted octanol–water partition coefficient (Wildman–Crippen LogP) is 0.364. The zero-order chi connectivity index (χ0) is 8.69. The van der Waals surface area contributed by atoms with Crippen LogP contribution in [-0.4, -0.2) is 29.2 Å². The van der Waals surface area contributed by atoms with Crippen LogP contribution in [0, 0.1) is 0 Å². The third kappa shape index (κ3) is 3.30. The van der Waals surface area contributed by atoms with Gasteiger partial charge in [0.1, 0.15) is 0 Å². The molecule has 4 nitrogen and oxygen atoms in total. The summed E-state index contributed by atoms with van der Waals surface area (Å²) in [4.78, 5) is 1.62. The summed E-state index contributed by atoms with van der Waals surface area (Å²) in [5.74, 6) is 0.0739. The summed E-state index contributed by atoms with van der Waals surface area (Å²) < 4.78 is 0. The fourth-order valence-electron chi connectivity index (χ4n) is 0.637. The molecule has 0 aromatic rings. The number of rotatable bonds is 4. The van der Waals surface area contributed by atoms with Crippen molar-refractivity contribution in [2.75, 3.05) is 13.1 Å². The summed E-state index contributed by atoms with van der Waals surface area (Å²) in [7, 11) is 0. The lowest BCUT2D eigenvalue weighted by atomic mass is 10.5. The van der Waals surface area contributed by atoms with E-state index in [9.17, 15) is 0 Å². The summed E-state index contributed by atoms with van der Waals surface area (Å²) >= 11 is 0. The van der Waals surface area contributed by atoms with Crippen LogP contribution in [-0.2, 0) is 0 Å². The number of nitrogens with zero attached hydrogens (tertiary/aromatic N) is 2. The van der Waals surface area contributed by atoms with Crippen LogP contribution in [0.1, 0.15) is 0 Å². The van der Waals surface area contributed by atoms with E-state index in [1.807, 2.05) is 0 Å². The van der Waals surface area contributed by atoms with Crippen LogP contribution < -0.4 is 5.73 Å². The highest BCUT2D eigenvalue weighted by Crippen LogP contribution is 1.87. The molecule has 0 amide bonds. The van der Waals surface area contributed by atoms with E-state index in [1.165, 1.54) is 0 Å². The molecule has 0 saturated heterocycles. The van der Waals surface area contributed by atoms with Crippen molar-refractivity contribution >= 4 is 5.96 Å². The van der Waals surface area contributed by atoms with E-state index in [0.29, 0.717) is 13.1 Å². The lowest BCUT2D eigenvalue weighted by Crippen LogP contribution is -2.37. The zero-order valence-corrected chi connectivity index (χ0v) is 6.40. The van der Waals surface area contributed by atoms with Crippen LogP contribution >= 0.6 is 0 Å². The van der Waals surface area contributed by atoms with Gasteiger partial charge in [-0.05, 0) is 0 Å². The van der Waals surface area contributed by atoms with Crippen LogP contribution in [0.5, 0.6) is 0 Å². The molecule has 0 bridgehead atoms. The number of guanidine groups is 1. The van der Waals surface area contributed by atoms with Crippen molar-refractivity contribution in [1.29, 1.82) is 0 Å². The highest BCUT2D eigenvalue weighted by atomic mass is 16.4. The molecule has 0 atom stereocenters. The second-order valence-corrected chi connectivity index (χ2v) is 1.94. The maximum absolute atomic E-state index is 8.31. The molecular formula is C7H13N3O. The number of oxime groups is 1. The van der Waals surface area contributed by atoms with Gasteiger partial charge in [0.05, 0.1) is 0 Å². The average molecular weight is 155 g/mol. The van der Waals surface area contributed by atoms with Crippen molar-refractivity contribution in [3.63, 3.8) is 0 Å². The Kier molecular flexibility index (Phi) is 4.64. The van der Waals surface area contributed by atoms with Gasteiger partial charge in [-0.2, -0.15) is 0 Å². The van der Waals surface area contributed by atoms with Gasteiger partial charge in [0.15, 0.2) is 0 Å². The highest BCUT2D eigenvalue weighted by Gasteiger charge is 2.02. The Morgan fingerprint density at radius 1 is 1.45 bits per heavy atom. The Balaban J connectivity index is 4.07. The van der Waals surface area contributed by atoms with E-state index in [4.69, 9.17) is 10.9 Å². The summed E-state index contributed by atoms with van der Waals surface area (Å²) in [5, 5.41) is 11.2. The Hall–Kier alpha value is -1.45. The van der Waals surface area contributed by atoms with Crippen LogP contribution in [0.3, 0.4) is 0 Å². The van der Waals surface area contributed by atoms with E-state index in [1.54, 1.807) is 17.1 Å². The minimum absolute atomic E-state index is 0.0739. The third-order valence-electron chi connectivity index (χ3n) is 1.13. The fourth-order valence-corrected chi connectivity index (χ4v) is 0.637. The van der Waals surface area contributed by atoms with Crippen LogP contribution in [0.2, 0.25) is 0 Å². The molecule has 0 aliphatic rings. The van der Waals surface area contributed by atoms with E-state index in [0.717, 1.165) is 0 Å². The summed E-state index contributed by atoms with van der Waals surface area (Å²) in [6.45, 7) is 8.15. The molecule has 0 radical (unpaired) electrons. The number of hydrogen-bond donors (Lipinski definition) is 2. The molecular weight excluding hydrogens is 142 g/mol. The van der Waals surface area contributed by atoms with Crippen molar-refractivity contribution in [3.05, 3.63) is 25.3 Å². The zero-order valence-electron chi connectivity index (χ0n) is 6.40. The standard InChI is InChI=1S/C7H13N3O/c1-3-5-10(6-4-2)7(8)9-11/h3-4,11H,1-2,5-6H2,(H2,8,9). The Morgan fingerprint density at radius 2 is 1.91 bits per heavy atom. The summed E-state index contributed by atoms with van der Waals surface area (Å²) in [6.07, 6.45) is 3.34. The third-order valence-corrected chi connectivity index (χ3v) is 1.13. The smallest absolute Gasteiger partial charge is 0.233 e. The molecule has 0 aromatic heterocycles. The quantitative estimate of drug-likeness (QED) is 0.203. The fraction of sp³-hybridized carbons (Fsp3) is 0.286. The van der Waals surface area contributed by atoms with Gasteiger partial charge in [0.25, 0.3) is 0 Å². The minimum atomic E-state index is 0.0739. The van der Waals surface area contributed by atoms with Crippen molar-refractivity contribution < 1.29 is 5.21 Å². The molecule has 0 spiro atoms.